The Bertz CT molecular complexity index is 1860. The van der Waals surface area contributed by atoms with Crippen LogP contribution in [0.2, 0.25) is 5.02 Å². The van der Waals surface area contributed by atoms with Crippen LogP contribution in [0.4, 0.5) is 16.2 Å². The van der Waals surface area contributed by atoms with Crippen LogP contribution < -0.4 is 29.3 Å². The number of hydrogen-bond acceptors (Lipinski definition) is 10. The van der Waals surface area contributed by atoms with Gasteiger partial charge in [-0.05, 0) is 119 Å². The molecular weight excluding hydrogens is 748 g/mol. The zero-order valence-corrected chi connectivity index (χ0v) is 35.6. The molecule has 0 bridgehead atoms. The molecule has 1 N–H and O–H groups in total. The first-order valence-electron chi connectivity index (χ1n) is 19.7. The molecule has 1 fully saturated rings. The van der Waals surface area contributed by atoms with Crippen LogP contribution in [-0.4, -0.2) is 95.2 Å². The highest BCUT2D eigenvalue weighted by Gasteiger charge is 2.38. The number of nitrogens with zero attached hydrogens (tertiary/aromatic N) is 3. The van der Waals surface area contributed by atoms with Gasteiger partial charge in [0.25, 0.3) is 0 Å². The van der Waals surface area contributed by atoms with Crippen LogP contribution >= 0.6 is 11.6 Å². The molecule has 1 aliphatic carbocycles. The molecule has 3 aromatic carbocycles. The molecule has 2 aliphatic rings. The van der Waals surface area contributed by atoms with Gasteiger partial charge in [0.15, 0.2) is 11.5 Å². The number of carbonyl (C=O) groups excluding carboxylic acids is 3. The number of alkyl carbamates (subject to hydrolysis) is 1. The fraction of sp³-hybridized carbons (Fsp3) is 0.523. The van der Waals surface area contributed by atoms with E-state index in [1.165, 1.54) is 7.11 Å². The molecule has 1 aliphatic heterocycles. The summed E-state index contributed by atoms with van der Waals surface area (Å²) in [6, 6.07) is 17.2. The van der Waals surface area contributed by atoms with Gasteiger partial charge in [0.1, 0.15) is 11.4 Å². The number of anilines is 2. The number of nitrogens with one attached hydrogen (secondary N) is 1. The minimum atomic E-state index is -0.585. The molecule has 0 spiro atoms. The van der Waals surface area contributed by atoms with Crippen molar-refractivity contribution in [2.24, 2.45) is 5.92 Å². The molecule has 0 aromatic heterocycles. The van der Waals surface area contributed by atoms with Crippen molar-refractivity contribution in [1.29, 1.82) is 0 Å². The van der Waals surface area contributed by atoms with Gasteiger partial charge in [-0.25, -0.2) is 4.79 Å². The number of fused-ring (bicyclic) bond motifs is 1. The first-order valence-corrected chi connectivity index (χ1v) is 20.1. The van der Waals surface area contributed by atoms with Crippen LogP contribution in [-0.2, 0) is 25.5 Å². The summed E-state index contributed by atoms with van der Waals surface area (Å²) >= 11 is 6.33. The van der Waals surface area contributed by atoms with E-state index in [-0.39, 0.29) is 37.0 Å². The Hall–Kier alpha value is -4.68. The van der Waals surface area contributed by atoms with Gasteiger partial charge in [-0.15, -0.1) is 0 Å². The lowest BCUT2D eigenvalue weighted by Gasteiger charge is -2.39. The van der Waals surface area contributed by atoms with Gasteiger partial charge in [-0.1, -0.05) is 23.7 Å². The van der Waals surface area contributed by atoms with E-state index in [0.29, 0.717) is 47.0 Å². The molecule has 13 heteroatoms. The van der Waals surface area contributed by atoms with Crippen molar-refractivity contribution < 1.29 is 38.1 Å². The quantitative estimate of drug-likeness (QED) is 0.152. The molecular formula is C44H59ClN4O8. The van der Waals surface area contributed by atoms with Crippen LogP contribution in [0.5, 0.6) is 17.2 Å². The van der Waals surface area contributed by atoms with Crippen molar-refractivity contribution in [2.45, 2.75) is 90.5 Å². The van der Waals surface area contributed by atoms with E-state index < -0.39 is 17.7 Å². The van der Waals surface area contributed by atoms with Gasteiger partial charge in [-0.3, -0.25) is 19.4 Å². The highest BCUT2D eigenvalue weighted by molar-refractivity contribution is 6.30. The fourth-order valence-corrected chi connectivity index (χ4v) is 7.96. The van der Waals surface area contributed by atoms with Crippen LogP contribution in [0.15, 0.2) is 54.6 Å². The zero-order valence-electron chi connectivity index (χ0n) is 34.9. The van der Waals surface area contributed by atoms with E-state index in [1.807, 2.05) is 94.1 Å². The van der Waals surface area contributed by atoms with Gasteiger partial charge in [-0.2, -0.15) is 0 Å². The number of carbonyl (C=O) groups is 3. The van der Waals surface area contributed by atoms with E-state index in [0.717, 1.165) is 54.6 Å². The van der Waals surface area contributed by atoms with Crippen molar-refractivity contribution in [3.63, 3.8) is 0 Å². The predicted octanol–water partition coefficient (Wildman–Crippen LogP) is 7.82. The van der Waals surface area contributed by atoms with Crippen LogP contribution in [0, 0.1) is 5.92 Å². The Labute approximate surface area is 342 Å². The number of esters is 1. The maximum atomic E-state index is 14.2. The van der Waals surface area contributed by atoms with Gasteiger partial charge in [0.05, 0.1) is 52.1 Å². The maximum absolute atomic E-state index is 14.2. The van der Waals surface area contributed by atoms with Crippen molar-refractivity contribution in [3.8, 4) is 17.2 Å². The molecule has 12 nitrogen and oxygen atoms in total. The topological polar surface area (TPSA) is 119 Å². The summed E-state index contributed by atoms with van der Waals surface area (Å²) in [5.41, 5.74) is 3.77. The fourth-order valence-electron chi connectivity index (χ4n) is 7.83. The van der Waals surface area contributed by atoms with E-state index in [4.69, 9.17) is 35.3 Å². The lowest BCUT2D eigenvalue weighted by molar-refractivity contribution is -0.142. The van der Waals surface area contributed by atoms with E-state index in [9.17, 15) is 14.4 Å². The lowest BCUT2D eigenvalue weighted by Crippen LogP contribution is -2.46. The number of ether oxygens (including phenoxy) is 5. The molecule has 310 valence electrons. The van der Waals surface area contributed by atoms with Crippen molar-refractivity contribution in [2.75, 3.05) is 64.4 Å². The standard InChI is InChI=1S/C44H59ClN4O8/c1-28(2)56-39-25-35-31(22-38(39)54-8)23-40(50)49(42(35)30-12-14-32(45)15-13-30)36-19-18-34(24-37(36)53-7)47(6)26-29-10-16-33(17-11-29)48(27-41(51)55-9)21-20-46-43(52)57-44(3,4)5/h12-15,18-19,22,24-25,28-29,33,42H,10-11,16-17,20-21,23,26-27H2,1-9H3,(H,46,52)/t29-,33-,42-/m0/s1. The van der Waals surface area contributed by atoms with Gasteiger partial charge in [0.2, 0.25) is 5.91 Å². The maximum Gasteiger partial charge on any atom is 0.407 e. The van der Waals surface area contributed by atoms with Crippen LogP contribution in [0.3, 0.4) is 0 Å². The number of amides is 2. The summed E-state index contributed by atoms with van der Waals surface area (Å²) in [4.78, 5) is 44.9. The molecule has 3 aromatic rings. The van der Waals surface area contributed by atoms with Crippen LogP contribution in [0.1, 0.15) is 83.0 Å². The molecule has 0 saturated heterocycles. The number of rotatable bonds is 15. The molecule has 0 unspecified atom stereocenters. The van der Waals surface area contributed by atoms with Gasteiger partial charge >= 0.3 is 12.1 Å². The Morgan fingerprint density at radius 2 is 1.61 bits per heavy atom. The third-order valence-electron chi connectivity index (χ3n) is 10.5. The number of hydrogen-bond donors (Lipinski definition) is 1. The van der Waals surface area contributed by atoms with Crippen molar-refractivity contribution in [1.82, 2.24) is 10.2 Å². The minimum Gasteiger partial charge on any atom is -0.494 e. The summed E-state index contributed by atoms with van der Waals surface area (Å²) in [6.07, 6.45) is 3.45. The lowest BCUT2D eigenvalue weighted by atomic mass is 9.85. The molecule has 1 atom stereocenters. The average molecular weight is 807 g/mol. The third-order valence-corrected chi connectivity index (χ3v) is 10.7. The molecule has 1 saturated carbocycles. The second kappa shape index (κ2) is 19.2. The summed E-state index contributed by atoms with van der Waals surface area (Å²) in [5.74, 6) is 1.86. The number of methoxy groups -OCH3 is 3. The zero-order chi connectivity index (χ0) is 41.4. The number of halogens is 1. The van der Waals surface area contributed by atoms with Gasteiger partial charge in [0, 0.05) is 49.5 Å². The average Bonchev–Trinajstić information content (AvgIpc) is 3.16. The largest absolute Gasteiger partial charge is 0.494 e. The van der Waals surface area contributed by atoms with Gasteiger partial charge < -0.3 is 33.9 Å². The first kappa shape index (κ1) is 43.4. The minimum absolute atomic E-state index is 0.0694. The molecule has 1 heterocycles. The SMILES string of the molecule is COC(=O)CN(CCNC(=O)OC(C)(C)C)[C@H]1CC[C@H](CN(C)c2ccc(N3C(=O)Cc4cc(OC)c(OC(C)C)cc4[C@@H]3c3ccc(Cl)cc3)c(OC)c2)CC1. The highest BCUT2D eigenvalue weighted by Crippen LogP contribution is 2.46. The van der Waals surface area contributed by atoms with E-state index in [1.54, 1.807) is 14.2 Å². The Morgan fingerprint density at radius 1 is 0.930 bits per heavy atom. The summed E-state index contributed by atoms with van der Waals surface area (Å²) in [7, 11) is 6.71. The monoisotopic (exact) mass is 806 g/mol. The van der Waals surface area contributed by atoms with Crippen molar-refractivity contribution >= 4 is 40.9 Å². The first-order chi connectivity index (χ1) is 27.1. The molecule has 57 heavy (non-hydrogen) atoms. The number of benzene rings is 3. The van der Waals surface area contributed by atoms with E-state index in [2.05, 4.69) is 22.2 Å². The summed E-state index contributed by atoms with van der Waals surface area (Å²) in [6.45, 7) is 11.3. The molecule has 5 rings (SSSR count). The highest BCUT2D eigenvalue weighted by atomic mass is 35.5. The molecule has 0 radical (unpaired) electrons. The normalized spacial score (nSPS) is 18.2. The third kappa shape index (κ3) is 11.3. The van der Waals surface area contributed by atoms with E-state index >= 15 is 0 Å². The molecule has 2 amide bonds. The summed E-state index contributed by atoms with van der Waals surface area (Å²) < 4.78 is 28.2. The summed E-state index contributed by atoms with van der Waals surface area (Å²) in [5, 5.41) is 3.42. The Kier molecular flexibility index (Phi) is 14.6. The predicted molar refractivity (Wildman–Crippen MR) is 223 cm³/mol. The van der Waals surface area contributed by atoms with Crippen molar-refractivity contribution in [3.05, 3.63) is 76.3 Å². The smallest absolute Gasteiger partial charge is 0.407 e. The Balaban J connectivity index is 1.32. The van der Waals surface area contributed by atoms with Crippen LogP contribution in [0.25, 0.3) is 0 Å². The second-order valence-corrected chi connectivity index (χ2v) is 16.6. The Morgan fingerprint density at radius 3 is 2.23 bits per heavy atom. The second-order valence-electron chi connectivity index (χ2n) is 16.1.